The smallest absolute Gasteiger partial charge is 0.0303 e. The van der Waals surface area contributed by atoms with Crippen molar-refractivity contribution in [2.45, 2.75) is 32.2 Å². The first-order valence-corrected chi connectivity index (χ1v) is 5.04. The Morgan fingerprint density at radius 1 is 1.23 bits per heavy atom. The van der Waals surface area contributed by atoms with Crippen LogP contribution in [0.2, 0.25) is 0 Å². The fourth-order valence-electron chi connectivity index (χ4n) is 2.35. The number of hydrogen-bond donors (Lipinski definition) is 1. The molecule has 0 amide bonds. The number of nitrogens with two attached hydrogens (primary N) is 1. The zero-order valence-corrected chi connectivity index (χ0v) is 8.33. The van der Waals surface area contributed by atoms with E-state index in [9.17, 15) is 0 Å². The van der Waals surface area contributed by atoms with Crippen molar-refractivity contribution in [2.75, 3.05) is 0 Å². The molecule has 2 N–H and O–H groups in total. The topological polar surface area (TPSA) is 26.0 Å². The fraction of sp³-hybridized carbons (Fsp3) is 0.500. The maximum absolute atomic E-state index is 6.07. The molecule has 2 rings (SSSR count). The Balaban J connectivity index is 2.41. The van der Waals surface area contributed by atoms with Gasteiger partial charge in [-0.25, -0.2) is 0 Å². The van der Waals surface area contributed by atoms with Gasteiger partial charge >= 0.3 is 0 Å². The standard InChI is InChI=1S/C12H17N/c1-8(2)11-7-12(13)10-6-4-3-5-9(10)11/h3-6,8,11-12H,7,13H2,1-2H3. The summed E-state index contributed by atoms with van der Waals surface area (Å²) in [5.74, 6) is 1.38. The summed E-state index contributed by atoms with van der Waals surface area (Å²) in [4.78, 5) is 0. The molecule has 1 aromatic carbocycles. The van der Waals surface area contributed by atoms with Crippen LogP contribution in [0.3, 0.4) is 0 Å². The van der Waals surface area contributed by atoms with E-state index < -0.39 is 0 Å². The molecule has 0 bridgehead atoms. The lowest BCUT2D eigenvalue weighted by Crippen LogP contribution is -2.07. The molecule has 0 spiro atoms. The van der Waals surface area contributed by atoms with Gasteiger partial charge in [-0.15, -0.1) is 0 Å². The highest BCUT2D eigenvalue weighted by Gasteiger charge is 2.29. The van der Waals surface area contributed by atoms with Crippen molar-refractivity contribution in [3.63, 3.8) is 0 Å². The van der Waals surface area contributed by atoms with E-state index >= 15 is 0 Å². The molecule has 2 unspecified atom stereocenters. The highest BCUT2D eigenvalue weighted by atomic mass is 14.7. The first kappa shape index (κ1) is 8.76. The largest absolute Gasteiger partial charge is 0.324 e. The van der Waals surface area contributed by atoms with Gasteiger partial charge in [0.25, 0.3) is 0 Å². The molecule has 13 heavy (non-hydrogen) atoms. The molecule has 0 saturated heterocycles. The first-order chi connectivity index (χ1) is 6.20. The summed E-state index contributed by atoms with van der Waals surface area (Å²) in [6, 6.07) is 8.87. The van der Waals surface area contributed by atoms with E-state index in [1.165, 1.54) is 11.1 Å². The minimum atomic E-state index is 0.267. The molecule has 1 heteroatoms. The molecule has 1 aliphatic carbocycles. The molecule has 0 heterocycles. The Bertz CT molecular complexity index is 304. The summed E-state index contributed by atoms with van der Waals surface area (Å²) in [5, 5.41) is 0. The van der Waals surface area contributed by atoms with Crippen LogP contribution in [0.5, 0.6) is 0 Å². The molecule has 1 nitrogen and oxygen atoms in total. The average molecular weight is 175 g/mol. The molecule has 0 fully saturated rings. The van der Waals surface area contributed by atoms with E-state index in [2.05, 4.69) is 38.1 Å². The van der Waals surface area contributed by atoms with Crippen LogP contribution in [0.25, 0.3) is 0 Å². The second-order valence-corrected chi connectivity index (χ2v) is 4.32. The Hall–Kier alpha value is -0.820. The van der Waals surface area contributed by atoms with E-state index in [0.717, 1.165) is 6.42 Å². The normalized spacial score (nSPS) is 26.5. The third-order valence-corrected chi connectivity index (χ3v) is 3.11. The van der Waals surface area contributed by atoms with Gasteiger partial charge < -0.3 is 5.73 Å². The lowest BCUT2D eigenvalue weighted by atomic mass is 9.90. The van der Waals surface area contributed by atoms with Crippen molar-refractivity contribution in [3.8, 4) is 0 Å². The van der Waals surface area contributed by atoms with E-state index in [-0.39, 0.29) is 6.04 Å². The van der Waals surface area contributed by atoms with Crippen molar-refractivity contribution in [3.05, 3.63) is 35.4 Å². The second kappa shape index (κ2) is 3.15. The van der Waals surface area contributed by atoms with Crippen molar-refractivity contribution in [2.24, 2.45) is 11.7 Å². The lowest BCUT2D eigenvalue weighted by molar-refractivity contribution is 0.470. The molecule has 1 aliphatic rings. The zero-order chi connectivity index (χ0) is 9.42. The summed E-state index contributed by atoms with van der Waals surface area (Å²) in [7, 11) is 0. The zero-order valence-electron chi connectivity index (χ0n) is 8.33. The quantitative estimate of drug-likeness (QED) is 0.697. The van der Waals surface area contributed by atoms with Crippen LogP contribution in [0.1, 0.15) is 43.4 Å². The van der Waals surface area contributed by atoms with Crippen LogP contribution in [0.4, 0.5) is 0 Å². The van der Waals surface area contributed by atoms with Crippen LogP contribution in [-0.4, -0.2) is 0 Å². The molecular formula is C12H17N. The van der Waals surface area contributed by atoms with Gasteiger partial charge in [0.05, 0.1) is 0 Å². The van der Waals surface area contributed by atoms with Gasteiger partial charge in [0.2, 0.25) is 0 Å². The molecular weight excluding hydrogens is 158 g/mol. The number of fused-ring (bicyclic) bond motifs is 1. The molecule has 0 aromatic heterocycles. The van der Waals surface area contributed by atoms with Crippen LogP contribution >= 0.6 is 0 Å². The van der Waals surface area contributed by atoms with Gasteiger partial charge in [0, 0.05) is 6.04 Å². The Morgan fingerprint density at radius 2 is 1.85 bits per heavy atom. The van der Waals surface area contributed by atoms with Gasteiger partial charge in [-0.3, -0.25) is 0 Å². The predicted molar refractivity (Wildman–Crippen MR) is 55.6 cm³/mol. The fourth-order valence-corrected chi connectivity index (χ4v) is 2.35. The number of rotatable bonds is 1. The first-order valence-electron chi connectivity index (χ1n) is 5.04. The average Bonchev–Trinajstić information content (AvgIpc) is 2.45. The highest BCUT2D eigenvalue weighted by molar-refractivity contribution is 5.37. The molecule has 0 saturated carbocycles. The van der Waals surface area contributed by atoms with E-state index in [0.29, 0.717) is 11.8 Å². The van der Waals surface area contributed by atoms with E-state index in [4.69, 9.17) is 5.73 Å². The van der Waals surface area contributed by atoms with Crippen molar-refractivity contribution < 1.29 is 0 Å². The molecule has 1 aromatic rings. The SMILES string of the molecule is CC(C)C1CC(N)c2ccccc21. The Labute approximate surface area is 80.0 Å². The summed E-state index contributed by atoms with van der Waals surface area (Å²) >= 11 is 0. The van der Waals surface area contributed by atoms with Gasteiger partial charge in [0.15, 0.2) is 0 Å². The Kier molecular flexibility index (Phi) is 2.12. The van der Waals surface area contributed by atoms with Crippen molar-refractivity contribution in [1.82, 2.24) is 0 Å². The van der Waals surface area contributed by atoms with Gasteiger partial charge in [0.1, 0.15) is 0 Å². The van der Waals surface area contributed by atoms with Crippen molar-refractivity contribution >= 4 is 0 Å². The van der Waals surface area contributed by atoms with Crippen LogP contribution in [0, 0.1) is 5.92 Å². The second-order valence-electron chi connectivity index (χ2n) is 4.32. The van der Waals surface area contributed by atoms with E-state index in [1.807, 2.05) is 0 Å². The van der Waals surface area contributed by atoms with Gasteiger partial charge in [-0.2, -0.15) is 0 Å². The maximum atomic E-state index is 6.07. The molecule has 0 aliphatic heterocycles. The van der Waals surface area contributed by atoms with Gasteiger partial charge in [-0.05, 0) is 29.4 Å². The van der Waals surface area contributed by atoms with E-state index in [1.54, 1.807) is 0 Å². The summed E-state index contributed by atoms with van der Waals surface area (Å²) in [6.07, 6.45) is 1.12. The number of hydrogen-bond acceptors (Lipinski definition) is 1. The molecule has 70 valence electrons. The van der Waals surface area contributed by atoms with Crippen molar-refractivity contribution in [1.29, 1.82) is 0 Å². The Morgan fingerprint density at radius 3 is 2.46 bits per heavy atom. The maximum Gasteiger partial charge on any atom is 0.0303 e. The summed E-state index contributed by atoms with van der Waals surface area (Å²) in [5.41, 5.74) is 8.91. The summed E-state index contributed by atoms with van der Waals surface area (Å²) < 4.78 is 0. The monoisotopic (exact) mass is 175 g/mol. The molecule has 0 radical (unpaired) electrons. The minimum absolute atomic E-state index is 0.267. The van der Waals surface area contributed by atoms with Crippen LogP contribution in [-0.2, 0) is 0 Å². The highest BCUT2D eigenvalue weighted by Crippen LogP contribution is 2.42. The lowest BCUT2D eigenvalue weighted by Gasteiger charge is -2.15. The molecule has 2 atom stereocenters. The minimum Gasteiger partial charge on any atom is -0.324 e. The summed E-state index contributed by atoms with van der Waals surface area (Å²) in [6.45, 7) is 4.55. The predicted octanol–water partition coefficient (Wildman–Crippen LogP) is 2.83. The third-order valence-electron chi connectivity index (χ3n) is 3.11. The van der Waals surface area contributed by atoms with Crippen LogP contribution < -0.4 is 5.73 Å². The third kappa shape index (κ3) is 1.37. The van der Waals surface area contributed by atoms with Gasteiger partial charge in [-0.1, -0.05) is 38.1 Å². The van der Waals surface area contributed by atoms with Crippen LogP contribution in [0.15, 0.2) is 24.3 Å². The number of benzene rings is 1.